The van der Waals surface area contributed by atoms with Gasteiger partial charge < -0.3 is 23.6 Å². The van der Waals surface area contributed by atoms with Crippen LogP contribution in [0.2, 0.25) is 0 Å². The van der Waals surface area contributed by atoms with Crippen LogP contribution in [-0.4, -0.2) is 59.6 Å². The lowest BCUT2D eigenvalue weighted by Crippen LogP contribution is -2.69. The number of nitrogens with zero attached hydrogens (tertiary/aromatic N) is 1. The average molecular weight is 377 g/mol. The summed E-state index contributed by atoms with van der Waals surface area (Å²) >= 11 is 0. The van der Waals surface area contributed by atoms with Crippen molar-refractivity contribution in [1.29, 1.82) is 0 Å². The molecular weight excluding hydrogens is 357 g/mol. The Hall–Kier alpha value is -1.33. The number of methoxy groups -OCH3 is 1. The first-order chi connectivity index (χ1) is 11.8. The molecule has 2 bridgehead atoms. The molecule has 3 aliphatic heterocycles. The molecular formula is C13H20N3O8P. The first-order valence-corrected chi connectivity index (χ1v) is 9.14. The zero-order chi connectivity index (χ0) is 18.2. The standard InChI is InChI=1S/C13H20N3O8P/c1-21-6-13-7-23-8(5-9(13)15-25(19,20)22-2)11(24-13)16-4-3-10(17)14-12(16)18/h3-4,8-9,11H,5-7H2,1-2H3,(H,14,17,18)(H2,15,19,20)/t8?,9-,11?,13+/m1/s1. The van der Waals surface area contributed by atoms with Crippen molar-refractivity contribution in [1.82, 2.24) is 14.6 Å². The number of ether oxygens (including phenoxy) is 3. The largest absolute Gasteiger partial charge is 0.403 e. The van der Waals surface area contributed by atoms with Gasteiger partial charge in [-0.1, -0.05) is 0 Å². The van der Waals surface area contributed by atoms with Gasteiger partial charge in [-0.05, 0) is 6.42 Å². The van der Waals surface area contributed by atoms with Crippen molar-refractivity contribution >= 4 is 7.75 Å². The molecule has 0 radical (unpaired) electrons. The second-order valence-corrected chi connectivity index (χ2v) is 7.66. The lowest BCUT2D eigenvalue weighted by Gasteiger charge is -2.54. The summed E-state index contributed by atoms with van der Waals surface area (Å²) < 4.78 is 34.7. The normalized spacial score (nSPS) is 34.0. The van der Waals surface area contributed by atoms with Crippen molar-refractivity contribution in [2.45, 2.75) is 30.4 Å². The summed E-state index contributed by atoms with van der Waals surface area (Å²) in [5, 5.41) is 2.56. The number of rotatable bonds is 6. The van der Waals surface area contributed by atoms with Crippen LogP contribution in [-0.2, 0) is 23.3 Å². The molecule has 5 atom stereocenters. The minimum atomic E-state index is -4.00. The van der Waals surface area contributed by atoms with E-state index in [0.29, 0.717) is 0 Å². The molecule has 1 aromatic heterocycles. The molecule has 4 heterocycles. The van der Waals surface area contributed by atoms with Crippen molar-refractivity contribution in [3.63, 3.8) is 0 Å². The number of hydrogen-bond donors (Lipinski definition) is 3. The highest BCUT2D eigenvalue weighted by atomic mass is 31.2. The smallest absolute Gasteiger partial charge is 0.382 e. The molecule has 3 unspecified atom stereocenters. The highest BCUT2D eigenvalue weighted by Crippen LogP contribution is 2.46. The van der Waals surface area contributed by atoms with Crippen LogP contribution < -0.4 is 16.3 Å². The molecule has 4 rings (SSSR count). The molecule has 3 saturated heterocycles. The second-order valence-electron chi connectivity index (χ2n) is 5.99. The summed E-state index contributed by atoms with van der Waals surface area (Å²) in [6.07, 6.45) is 0.252. The minimum Gasteiger partial charge on any atom is -0.382 e. The van der Waals surface area contributed by atoms with E-state index in [4.69, 9.17) is 14.2 Å². The highest BCUT2D eigenvalue weighted by Gasteiger charge is 2.56. The van der Waals surface area contributed by atoms with Gasteiger partial charge in [-0.2, -0.15) is 0 Å². The van der Waals surface area contributed by atoms with Crippen LogP contribution in [0, 0.1) is 0 Å². The van der Waals surface area contributed by atoms with Crippen LogP contribution in [0.3, 0.4) is 0 Å². The summed E-state index contributed by atoms with van der Waals surface area (Å²) in [5.74, 6) is 0. The van der Waals surface area contributed by atoms with Crippen LogP contribution in [0.5, 0.6) is 0 Å². The lowest BCUT2D eigenvalue weighted by atomic mass is 9.85. The van der Waals surface area contributed by atoms with E-state index in [9.17, 15) is 19.0 Å². The fourth-order valence-electron chi connectivity index (χ4n) is 3.20. The van der Waals surface area contributed by atoms with Gasteiger partial charge in [0.05, 0.1) is 19.3 Å². The van der Waals surface area contributed by atoms with Gasteiger partial charge in [0, 0.05) is 26.5 Å². The van der Waals surface area contributed by atoms with Gasteiger partial charge in [0.2, 0.25) is 0 Å². The molecule has 0 spiro atoms. The fraction of sp³-hybridized carbons (Fsp3) is 0.692. The maximum absolute atomic E-state index is 12.1. The Balaban J connectivity index is 1.92. The molecule has 140 valence electrons. The Morgan fingerprint density at radius 3 is 2.92 bits per heavy atom. The summed E-state index contributed by atoms with van der Waals surface area (Å²) in [7, 11) is -1.42. The average Bonchev–Trinajstić information content (AvgIpc) is 2.56. The van der Waals surface area contributed by atoms with Gasteiger partial charge in [-0.25, -0.2) is 14.4 Å². The molecule has 12 heteroatoms. The Morgan fingerprint density at radius 1 is 1.52 bits per heavy atom. The Labute approximate surface area is 142 Å². The highest BCUT2D eigenvalue weighted by molar-refractivity contribution is 7.50. The van der Waals surface area contributed by atoms with E-state index in [1.165, 1.54) is 23.9 Å². The van der Waals surface area contributed by atoms with Gasteiger partial charge in [-0.3, -0.25) is 14.3 Å². The summed E-state index contributed by atoms with van der Waals surface area (Å²) in [5.41, 5.74) is -2.24. The minimum absolute atomic E-state index is 0.0652. The monoisotopic (exact) mass is 377 g/mol. The van der Waals surface area contributed by atoms with Gasteiger partial charge >= 0.3 is 13.4 Å². The van der Waals surface area contributed by atoms with Gasteiger partial charge in [0.25, 0.3) is 5.56 Å². The maximum Gasteiger partial charge on any atom is 0.403 e. The van der Waals surface area contributed by atoms with Crippen LogP contribution >= 0.6 is 7.75 Å². The molecule has 3 aliphatic rings. The fourth-order valence-corrected chi connectivity index (χ4v) is 4.04. The summed E-state index contributed by atoms with van der Waals surface area (Å²) in [4.78, 5) is 35.2. The Kier molecular flexibility index (Phi) is 5.00. The van der Waals surface area contributed by atoms with E-state index < -0.39 is 43.0 Å². The summed E-state index contributed by atoms with van der Waals surface area (Å²) in [6.45, 7) is 0.178. The number of fused-ring (bicyclic) bond motifs is 3. The van der Waals surface area contributed by atoms with E-state index in [2.05, 4.69) is 14.6 Å². The first-order valence-electron chi connectivity index (χ1n) is 7.56. The molecule has 11 nitrogen and oxygen atoms in total. The molecule has 25 heavy (non-hydrogen) atoms. The van der Waals surface area contributed by atoms with Crippen LogP contribution in [0.25, 0.3) is 0 Å². The van der Waals surface area contributed by atoms with Crippen LogP contribution in [0.1, 0.15) is 12.6 Å². The third-order valence-electron chi connectivity index (χ3n) is 4.40. The van der Waals surface area contributed by atoms with Crippen LogP contribution in [0.4, 0.5) is 0 Å². The molecule has 1 aromatic rings. The third-order valence-corrected chi connectivity index (χ3v) is 5.53. The van der Waals surface area contributed by atoms with Crippen molar-refractivity contribution < 1.29 is 28.2 Å². The predicted octanol–water partition coefficient (Wildman–Crippen LogP) is -1.06. The number of nitrogens with one attached hydrogen (secondary N) is 2. The van der Waals surface area contributed by atoms with Crippen molar-refractivity contribution in [2.24, 2.45) is 0 Å². The zero-order valence-corrected chi connectivity index (χ0v) is 14.6. The van der Waals surface area contributed by atoms with E-state index in [1.54, 1.807) is 0 Å². The Bertz CT molecular complexity index is 790. The lowest BCUT2D eigenvalue weighted by molar-refractivity contribution is -0.313. The van der Waals surface area contributed by atoms with E-state index in [-0.39, 0.29) is 19.6 Å². The molecule has 0 aromatic carbocycles. The maximum atomic E-state index is 12.1. The predicted molar refractivity (Wildman–Crippen MR) is 84.2 cm³/mol. The molecule has 0 saturated carbocycles. The SMILES string of the molecule is COC[C@]12COC(C[C@H]1NP(=O)(O)OC)C(n1ccc(=O)[nH]c1=O)O2. The zero-order valence-electron chi connectivity index (χ0n) is 13.7. The molecule has 0 aliphatic carbocycles. The summed E-state index contributed by atoms with van der Waals surface area (Å²) in [6, 6.07) is 0.621. The van der Waals surface area contributed by atoms with Crippen LogP contribution in [0.15, 0.2) is 21.9 Å². The third kappa shape index (κ3) is 3.49. The molecule has 3 N–H and O–H groups in total. The second kappa shape index (κ2) is 6.76. The number of aromatic nitrogens is 2. The molecule has 3 fully saturated rings. The first kappa shape index (κ1) is 18.5. The van der Waals surface area contributed by atoms with Crippen molar-refractivity contribution in [3.05, 3.63) is 33.1 Å². The van der Waals surface area contributed by atoms with Gasteiger partial charge in [0.15, 0.2) is 6.23 Å². The van der Waals surface area contributed by atoms with Crippen molar-refractivity contribution in [2.75, 3.05) is 27.4 Å². The van der Waals surface area contributed by atoms with E-state index >= 15 is 0 Å². The number of H-pyrrole nitrogens is 1. The van der Waals surface area contributed by atoms with Crippen molar-refractivity contribution in [3.8, 4) is 0 Å². The Morgan fingerprint density at radius 2 is 2.28 bits per heavy atom. The number of hydrogen-bond acceptors (Lipinski definition) is 7. The quantitative estimate of drug-likeness (QED) is 0.529. The molecule has 0 amide bonds. The van der Waals surface area contributed by atoms with Gasteiger partial charge in [0.1, 0.15) is 11.7 Å². The van der Waals surface area contributed by atoms with Gasteiger partial charge in [-0.15, -0.1) is 0 Å². The van der Waals surface area contributed by atoms with E-state index in [1.807, 2.05) is 0 Å². The number of aromatic amines is 1. The topological polar surface area (TPSA) is 141 Å². The van der Waals surface area contributed by atoms with E-state index in [0.717, 1.165) is 7.11 Å².